The molecule has 0 amide bonds. The van der Waals surface area contributed by atoms with Gasteiger partial charge < -0.3 is 5.73 Å². The number of aromatic nitrogens is 1. The number of ketones is 1. The third kappa shape index (κ3) is 2.79. The molecule has 0 aliphatic rings. The standard InChI is InChI=1S/C12H16N2OS/c1-4-5-6-10-9(7-13)14-12(16-10)11(15)8(2)3/h4-8H,13H2,1-3H3/b5-4-,9-7+,10-6+. The number of thiazole rings is 1. The molecule has 3 nitrogen and oxygen atoms in total. The third-order valence-electron chi connectivity index (χ3n) is 2.01. The third-order valence-corrected chi connectivity index (χ3v) is 3.07. The normalized spacial score (nSPS) is 14.2. The summed E-state index contributed by atoms with van der Waals surface area (Å²) < 4.78 is 0.921. The quantitative estimate of drug-likeness (QED) is 0.798. The monoisotopic (exact) mass is 236 g/mol. The summed E-state index contributed by atoms with van der Waals surface area (Å²) in [5, 5.41) is 1.20. The molecule has 0 aliphatic carbocycles. The number of nitrogens with zero attached hydrogens (tertiary/aromatic N) is 1. The number of hydrogen-bond acceptors (Lipinski definition) is 4. The molecule has 1 aromatic heterocycles. The first kappa shape index (κ1) is 12.6. The van der Waals surface area contributed by atoms with Crippen LogP contribution in [0.15, 0.2) is 12.2 Å². The van der Waals surface area contributed by atoms with E-state index in [9.17, 15) is 4.79 Å². The van der Waals surface area contributed by atoms with E-state index in [4.69, 9.17) is 5.73 Å². The summed E-state index contributed by atoms with van der Waals surface area (Å²) in [6.07, 6.45) is 7.17. The molecule has 0 aliphatic heterocycles. The Morgan fingerprint density at radius 3 is 2.69 bits per heavy atom. The summed E-state index contributed by atoms with van der Waals surface area (Å²) in [5.41, 5.74) is 5.48. The topological polar surface area (TPSA) is 56.0 Å². The van der Waals surface area contributed by atoms with Crippen LogP contribution in [0.25, 0.3) is 12.3 Å². The second-order valence-electron chi connectivity index (χ2n) is 3.65. The number of nitrogens with two attached hydrogens (primary N) is 1. The fraction of sp³-hybridized carbons (Fsp3) is 0.333. The van der Waals surface area contributed by atoms with Gasteiger partial charge in [0.1, 0.15) is 0 Å². The minimum atomic E-state index is -0.0358. The van der Waals surface area contributed by atoms with E-state index in [2.05, 4.69) is 4.98 Å². The van der Waals surface area contributed by atoms with Crippen LogP contribution in [0.2, 0.25) is 0 Å². The Morgan fingerprint density at radius 1 is 1.50 bits per heavy atom. The van der Waals surface area contributed by atoms with Gasteiger partial charge in [-0.2, -0.15) is 0 Å². The van der Waals surface area contributed by atoms with Crippen molar-refractivity contribution in [1.82, 2.24) is 4.98 Å². The van der Waals surface area contributed by atoms with E-state index in [1.165, 1.54) is 17.5 Å². The van der Waals surface area contributed by atoms with Crippen molar-refractivity contribution in [3.8, 4) is 0 Å². The second kappa shape index (κ2) is 5.61. The summed E-state index contributed by atoms with van der Waals surface area (Å²) in [7, 11) is 0. The van der Waals surface area contributed by atoms with Crippen LogP contribution in [0.5, 0.6) is 0 Å². The maximum atomic E-state index is 11.8. The summed E-state index contributed by atoms with van der Waals surface area (Å²) in [4.78, 5) is 16.0. The molecule has 0 unspecified atom stereocenters. The van der Waals surface area contributed by atoms with Crippen LogP contribution < -0.4 is 15.6 Å². The van der Waals surface area contributed by atoms with Crippen LogP contribution >= 0.6 is 11.3 Å². The first-order valence-corrected chi connectivity index (χ1v) is 5.97. The highest BCUT2D eigenvalue weighted by Gasteiger charge is 2.13. The Hall–Kier alpha value is -1.42. The van der Waals surface area contributed by atoms with Gasteiger partial charge in [0.05, 0.1) is 9.88 Å². The molecule has 1 heterocycles. The first-order valence-electron chi connectivity index (χ1n) is 5.16. The van der Waals surface area contributed by atoms with Gasteiger partial charge in [-0.25, -0.2) is 4.98 Å². The molecule has 0 saturated carbocycles. The maximum Gasteiger partial charge on any atom is 0.193 e. The largest absolute Gasteiger partial charge is 0.403 e. The van der Waals surface area contributed by atoms with E-state index in [0.29, 0.717) is 10.4 Å². The van der Waals surface area contributed by atoms with Crippen molar-refractivity contribution in [3.05, 3.63) is 27.0 Å². The van der Waals surface area contributed by atoms with E-state index in [-0.39, 0.29) is 11.7 Å². The van der Waals surface area contributed by atoms with Gasteiger partial charge in [0, 0.05) is 12.1 Å². The smallest absolute Gasteiger partial charge is 0.193 e. The molecular weight excluding hydrogens is 220 g/mol. The molecular formula is C12H16N2OS. The molecule has 4 heteroatoms. The Balaban J connectivity index is 3.30. The van der Waals surface area contributed by atoms with E-state index < -0.39 is 0 Å². The molecule has 16 heavy (non-hydrogen) atoms. The average molecular weight is 236 g/mol. The summed E-state index contributed by atoms with van der Waals surface area (Å²) in [6, 6.07) is 0. The zero-order valence-corrected chi connectivity index (χ0v) is 10.5. The molecule has 0 saturated heterocycles. The van der Waals surface area contributed by atoms with Gasteiger partial charge in [-0.1, -0.05) is 26.0 Å². The highest BCUT2D eigenvalue weighted by Crippen LogP contribution is 2.06. The van der Waals surface area contributed by atoms with Crippen molar-refractivity contribution in [2.24, 2.45) is 11.7 Å². The molecule has 0 spiro atoms. The Kier molecular flexibility index (Phi) is 4.43. The van der Waals surface area contributed by atoms with Crippen LogP contribution in [0.4, 0.5) is 0 Å². The number of rotatable bonds is 3. The maximum absolute atomic E-state index is 11.8. The second-order valence-corrected chi connectivity index (χ2v) is 4.68. The van der Waals surface area contributed by atoms with Gasteiger partial charge in [-0.15, -0.1) is 11.3 Å². The number of carbonyl (C=O) groups excluding carboxylic acids is 1. The van der Waals surface area contributed by atoms with Crippen LogP contribution in [-0.2, 0) is 0 Å². The van der Waals surface area contributed by atoms with E-state index >= 15 is 0 Å². The van der Waals surface area contributed by atoms with Gasteiger partial charge in [-0.05, 0) is 13.0 Å². The van der Waals surface area contributed by atoms with Crippen LogP contribution in [0.3, 0.4) is 0 Å². The minimum absolute atomic E-state index is 0.0358. The minimum Gasteiger partial charge on any atom is -0.403 e. The Labute approximate surface area is 99.0 Å². The lowest BCUT2D eigenvalue weighted by atomic mass is 10.1. The van der Waals surface area contributed by atoms with Gasteiger partial charge in [0.15, 0.2) is 10.8 Å². The van der Waals surface area contributed by atoms with Crippen LogP contribution in [0.1, 0.15) is 30.6 Å². The fourth-order valence-electron chi connectivity index (χ4n) is 1.12. The van der Waals surface area contributed by atoms with Crippen molar-refractivity contribution in [2.75, 3.05) is 0 Å². The van der Waals surface area contributed by atoms with E-state index in [1.54, 1.807) is 0 Å². The predicted molar refractivity (Wildman–Crippen MR) is 68.5 cm³/mol. The summed E-state index contributed by atoms with van der Waals surface area (Å²) >= 11 is 1.38. The van der Waals surface area contributed by atoms with Gasteiger partial charge in [0.2, 0.25) is 0 Å². The molecule has 0 atom stereocenters. The van der Waals surface area contributed by atoms with Crippen molar-refractivity contribution in [3.63, 3.8) is 0 Å². The van der Waals surface area contributed by atoms with Gasteiger partial charge in [-0.3, -0.25) is 4.79 Å². The zero-order valence-electron chi connectivity index (χ0n) is 9.73. The fourth-order valence-corrected chi connectivity index (χ4v) is 2.17. The average Bonchev–Trinajstić information content (AvgIpc) is 2.68. The predicted octanol–water partition coefficient (Wildman–Crippen LogP) is 1.04. The van der Waals surface area contributed by atoms with Crippen molar-refractivity contribution in [2.45, 2.75) is 20.8 Å². The molecule has 0 aromatic carbocycles. The van der Waals surface area contributed by atoms with Crippen LogP contribution in [-0.4, -0.2) is 10.8 Å². The zero-order chi connectivity index (χ0) is 12.1. The van der Waals surface area contributed by atoms with Crippen molar-refractivity contribution >= 4 is 29.4 Å². The molecule has 0 fully saturated rings. The van der Waals surface area contributed by atoms with Gasteiger partial charge in [0.25, 0.3) is 0 Å². The molecule has 2 N–H and O–H groups in total. The highest BCUT2D eigenvalue weighted by atomic mass is 32.1. The molecule has 86 valence electrons. The Morgan fingerprint density at radius 2 is 2.19 bits per heavy atom. The van der Waals surface area contributed by atoms with E-state index in [0.717, 1.165) is 4.53 Å². The number of carbonyl (C=O) groups is 1. The lowest BCUT2D eigenvalue weighted by Gasteiger charge is -1.97. The molecule has 1 rings (SSSR count). The molecule has 1 aromatic rings. The number of hydrogen-bond donors (Lipinski definition) is 1. The van der Waals surface area contributed by atoms with Crippen molar-refractivity contribution in [1.29, 1.82) is 0 Å². The van der Waals surface area contributed by atoms with E-state index in [1.807, 2.05) is 39.0 Å². The lowest BCUT2D eigenvalue weighted by molar-refractivity contribution is 0.0939. The summed E-state index contributed by atoms with van der Waals surface area (Å²) in [6.45, 7) is 5.67. The number of allylic oxidation sites excluding steroid dienone is 2. The Bertz CT molecular complexity index is 512. The van der Waals surface area contributed by atoms with Crippen LogP contribution in [0, 0.1) is 5.92 Å². The lowest BCUT2D eigenvalue weighted by Crippen LogP contribution is -2.22. The molecule has 0 radical (unpaired) electrons. The molecule has 0 bridgehead atoms. The first-order chi connectivity index (χ1) is 7.60. The van der Waals surface area contributed by atoms with Gasteiger partial charge >= 0.3 is 0 Å². The number of Topliss-reactive ketones (excluding diaryl/α,β-unsaturated/α-hetero) is 1. The highest BCUT2D eigenvalue weighted by molar-refractivity contribution is 7.11. The summed E-state index contributed by atoms with van der Waals surface area (Å²) in [5.74, 6) is 0.0274. The SMILES string of the molecule is C\C=C/C=c1/sc(C(=O)C(C)C)n/c1=C/N. The van der Waals surface area contributed by atoms with Crippen molar-refractivity contribution < 1.29 is 4.79 Å².